The summed E-state index contributed by atoms with van der Waals surface area (Å²) in [7, 11) is -4.23. The van der Waals surface area contributed by atoms with Crippen LogP contribution in [-0.4, -0.2) is 19.7 Å². The molecule has 2 aromatic rings. The zero-order valence-electron chi connectivity index (χ0n) is 15.4. The molecular formula is C19H19F4NO3S. The van der Waals surface area contributed by atoms with Crippen LogP contribution in [-0.2, 0) is 16.4 Å². The van der Waals surface area contributed by atoms with Crippen LogP contribution in [0.3, 0.4) is 0 Å². The van der Waals surface area contributed by atoms with Gasteiger partial charge in [0.15, 0.2) is 11.6 Å². The summed E-state index contributed by atoms with van der Waals surface area (Å²) in [6.45, 7) is 4.73. The number of rotatable bonds is 6. The first-order chi connectivity index (χ1) is 12.8. The first kappa shape index (κ1) is 22.0. The van der Waals surface area contributed by atoms with E-state index in [4.69, 9.17) is 0 Å². The molecule has 0 aliphatic heterocycles. The Morgan fingerprint density at radius 1 is 1.11 bits per heavy atom. The van der Waals surface area contributed by atoms with Gasteiger partial charge in [-0.05, 0) is 50.6 Å². The molecule has 0 unspecified atom stereocenters. The highest BCUT2D eigenvalue weighted by molar-refractivity contribution is 7.89. The van der Waals surface area contributed by atoms with Gasteiger partial charge in [0.2, 0.25) is 10.0 Å². The molecule has 0 bridgehead atoms. The van der Waals surface area contributed by atoms with Gasteiger partial charge in [-0.15, -0.1) is 0 Å². The smallest absolute Gasteiger partial charge is 0.266 e. The Bertz CT molecular complexity index is 999. The van der Waals surface area contributed by atoms with E-state index in [9.17, 15) is 30.8 Å². The van der Waals surface area contributed by atoms with Crippen LogP contribution in [0, 0.1) is 11.6 Å². The molecule has 0 heterocycles. The first-order valence-electron chi connectivity index (χ1n) is 8.24. The number of hydrogen-bond acceptors (Lipinski definition) is 3. The minimum Gasteiger partial charge on any atom is -0.294 e. The predicted octanol–water partition coefficient (Wildman–Crippen LogP) is 4.40. The average molecular weight is 417 g/mol. The van der Waals surface area contributed by atoms with E-state index in [2.05, 4.69) is 4.72 Å². The summed E-state index contributed by atoms with van der Waals surface area (Å²) in [5.41, 5.74) is -2.18. The second-order valence-corrected chi connectivity index (χ2v) is 8.88. The summed E-state index contributed by atoms with van der Waals surface area (Å²) < 4.78 is 80.7. The Balaban J connectivity index is 2.37. The number of carbonyl (C=O) groups excluding carboxylic acids is 1. The van der Waals surface area contributed by atoms with Gasteiger partial charge in [-0.25, -0.2) is 30.7 Å². The highest BCUT2D eigenvalue weighted by Crippen LogP contribution is 2.25. The van der Waals surface area contributed by atoms with Gasteiger partial charge in [-0.2, -0.15) is 0 Å². The molecule has 0 fully saturated rings. The summed E-state index contributed by atoms with van der Waals surface area (Å²) in [4.78, 5) is 11.7. The summed E-state index contributed by atoms with van der Waals surface area (Å²) in [5.74, 6) is -3.17. The molecule has 0 atom stereocenters. The first-order valence-corrected chi connectivity index (χ1v) is 9.72. The maximum absolute atomic E-state index is 14.7. The van der Waals surface area contributed by atoms with E-state index >= 15 is 0 Å². The van der Waals surface area contributed by atoms with E-state index in [1.807, 2.05) is 0 Å². The number of hydrogen-bond donors (Lipinski definition) is 1. The van der Waals surface area contributed by atoms with E-state index in [0.717, 1.165) is 30.3 Å². The van der Waals surface area contributed by atoms with Crippen LogP contribution >= 0.6 is 0 Å². The van der Waals surface area contributed by atoms with Crippen LogP contribution in [0.15, 0.2) is 41.3 Å². The highest BCUT2D eigenvalue weighted by Gasteiger charge is 2.27. The van der Waals surface area contributed by atoms with Crippen molar-refractivity contribution in [3.63, 3.8) is 0 Å². The van der Waals surface area contributed by atoms with Gasteiger partial charge >= 0.3 is 0 Å². The fourth-order valence-electron chi connectivity index (χ4n) is 2.54. The molecule has 0 spiro atoms. The molecular weight excluding hydrogens is 398 g/mol. The molecule has 9 heteroatoms. The normalized spacial score (nSPS) is 12.4. The van der Waals surface area contributed by atoms with Gasteiger partial charge in [0.05, 0.1) is 11.1 Å². The fraction of sp³-hybridized carbons (Fsp3) is 0.316. The molecule has 2 rings (SSSR count). The summed E-state index contributed by atoms with van der Waals surface area (Å²) in [5, 5.41) is 0. The second kappa shape index (κ2) is 8.00. The molecule has 0 saturated carbocycles. The van der Waals surface area contributed by atoms with Gasteiger partial charge in [0.25, 0.3) is 6.43 Å². The fourth-order valence-corrected chi connectivity index (χ4v) is 4.06. The van der Waals surface area contributed by atoms with E-state index in [-0.39, 0.29) is 5.56 Å². The van der Waals surface area contributed by atoms with E-state index in [0.29, 0.717) is 0 Å². The number of ketones is 1. The van der Waals surface area contributed by atoms with Crippen molar-refractivity contribution in [2.75, 3.05) is 0 Å². The molecule has 0 aliphatic carbocycles. The number of sulfonamides is 1. The van der Waals surface area contributed by atoms with Crippen molar-refractivity contribution in [1.29, 1.82) is 0 Å². The maximum Gasteiger partial charge on any atom is 0.266 e. The molecule has 0 aromatic heterocycles. The van der Waals surface area contributed by atoms with E-state index < -0.39 is 61.8 Å². The highest BCUT2D eigenvalue weighted by atomic mass is 32.2. The Morgan fingerprint density at radius 2 is 1.75 bits per heavy atom. The van der Waals surface area contributed by atoms with Crippen molar-refractivity contribution in [1.82, 2.24) is 4.72 Å². The molecule has 28 heavy (non-hydrogen) atoms. The van der Waals surface area contributed by atoms with Crippen molar-refractivity contribution in [3.05, 3.63) is 64.7 Å². The topological polar surface area (TPSA) is 63.2 Å². The minimum absolute atomic E-state index is 0.0576. The molecule has 0 amide bonds. The van der Waals surface area contributed by atoms with E-state index in [1.54, 1.807) is 20.8 Å². The summed E-state index contributed by atoms with van der Waals surface area (Å²) >= 11 is 0. The second-order valence-electron chi connectivity index (χ2n) is 7.23. The number of halogens is 4. The third-order valence-corrected chi connectivity index (χ3v) is 5.43. The lowest BCUT2D eigenvalue weighted by atomic mass is 10.0. The lowest BCUT2D eigenvalue weighted by Gasteiger charge is -2.20. The standard InChI is InChI=1S/C19H19F4NO3S/c1-19(2,3)24-28(26,27)16-6-4-5-12(17(16)21)15(25)10-11-7-8-14(20)13(9-11)18(22)23/h4-9,18,24H,10H2,1-3H3. The van der Waals surface area contributed by atoms with Crippen LogP contribution < -0.4 is 4.72 Å². The largest absolute Gasteiger partial charge is 0.294 e. The summed E-state index contributed by atoms with van der Waals surface area (Å²) in [6.07, 6.45) is -3.56. The van der Waals surface area contributed by atoms with E-state index in [1.165, 1.54) is 6.07 Å². The van der Waals surface area contributed by atoms with Gasteiger partial charge < -0.3 is 0 Å². The van der Waals surface area contributed by atoms with Crippen LogP contribution in [0.4, 0.5) is 17.6 Å². The summed E-state index contributed by atoms with van der Waals surface area (Å²) in [6, 6.07) is 6.10. The Kier molecular flexibility index (Phi) is 6.30. The van der Waals surface area contributed by atoms with Crippen LogP contribution in [0.25, 0.3) is 0 Å². The molecule has 2 aromatic carbocycles. The zero-order chi connectivity index (χ0) is 21.3. The molecule has 1 N–H and O–H groups in total. The number of alkyl halides is 2. The predicted molar refractivity (Wildman–Crippen MR) is 95.9 cm³/mol. The molecule has 0 aliphatic rings. The lowest BCUT2D eigenvalue weighted by molar-refractivity contribution is 0.0988. The molecule has 0 saturated heterocycles. The van der Waals surface area contributed by atoms with Gasteiger partial charge in [-0.3, -0.25) is 4.79 Å². The SMILES string of the molecule is CC(C)(C)NS(=O)(=O)c1cccc(C(=O)Cc2ccc(F)c(C(F)F)c2)c1F. The third-order valence-electron chi connectivity index (χ3n) is 3.65. The van der Waals surface area contributed by atoms with Gasteiger partial charge in [0, 0.05) is 12.0 Å². The number of carbonyl (C=O) groups is 1. The van der Waals surface area contributed by atoms with Gasteiger partial charge in [-0.1, -0.05) is 12.1 Å². The van der Waals surface area contributed by atoms with Crippen LogP contribution in [0.2, 0.25) is 0 Å². The Hall–Kier alpha value is -2.26. The minimum atomic E-state index is -4.23. The van der Waals surface area contributed by atoms with Crippen LogP contribution in [0.1, 0.15) is 48.7 Å². The zero-order valence-corrected chi connectivity index (χ0v) is 16.2. The van der Waals surface area contributed by atoms with Gasteiger partial charge in [0.1, 0.15) is 10.7 Å². The van der Waals surface area contributed by atoms with Crippen molar-refractivity contribution in [2.45, 2.75) is 44.1 Å². The number of nitrogens with one attached hydrogen (secondary N) is 1. The molecule has 4 nitrogen and oxygen atoms in total. The van der Waals surface area contributed by atoms with Crippen LogP contribution in [0.5, 0.6) is 0 Å². The maximum atomic E-state index is 14.7. The lowest BCUT2D eigenvalue weighted by Crippen LogP contribution is -2.40. The van der Waals surface area contributed by atoms with Crippen molar-refractivity contribution < 1.29 is 30.8 Å². The molecule has 152 valence electrons. The Morgan fingerprint density at radius 3 is 2.32 bits per heavy atom. The number of Topliss-reactive ketones (excluding diaryl/α,β-unsaturated/α-hetero) is 1. The van der Waals surface area contributed by atoms with Crippen molar-refractivity contribution in [2.24, 2.45) is 0 Å². The third kappa shape index (κ3) is 5.17. The van der Waals surface area contributed by atoms with Crippen molar-refractivity contribution in [3.8, 4) is 0 Å². The number of benzene rings is 2. The quantitative estimate of drug-likeness (QED) is 0.560. The average Bonchev–Trinajstić information content (AvgIpc) is 2.54. The Labute approximate surface area is 160 Å². The molecule has 0 radical (unpaired) electrons. The van der Waals surface area contributed by atoms with Crippen molar-refractivity contribution >= 4 is 15.8 Å². The monoisotopic (exact) mass is 417 g/mol.